The first-order valence-corrected chi connectivity index (χ1v) is 10.2. The Bertz CT molecular complexity index is 896. The van der Waals surface area contributed by atoms with Crippen LogP contribution in [0.5, 0.6) is 5.75 Å². The van der Waals surface area contributed by atoms with Crippen LogP contribution in [0.3, 0.4) is 0 Å². The number of methoxy groups -OCH3 is 1. The van der Waals surface area contributed by atoms with Crippen LogP contribution < -0.4 is 15.4 Å². The first kappa shape index (κ1) is 19.8. The van der Waals surface area contributed by atoms with Gasteiger partial charge in [-0.3, -0.25) is 14.5 Å². The SMILES string of the molecule is COc1cc(NC(=O)C2CC2)c(Cl)cc1C(=O)N[C@H]1CCN(Cc2ccco2)C1. The van der Waals surface area contributed by atoms with Gasteiger partial charge in [0.2, 0.25) is 5.91 Å². The Kier molecular flexibility index (Phi) is 5.78. The zero-order valence-corrected chi connectivity index (χ0v) is 17.0. The van der Waals surface area contributed by atoms with E-state index in [9.17, 15) is 9.59 Å². The average Bonchev–Trinajstić information content (AvgIpc) is 3.28. The second kappa shape index (κ2) is 8.47. The average molecular weight is 418 g/mol. The van der Waals surface area contributed by atoms with Crippen molar-refractivity contribution in [3.05, 3.63) is 46.9 Å². The molecule has 1 aromatic carbocycles. The van der Waals surface area contributed by atoms with Gasteiger partial charge in [0.1, 0.15) is 11.5 Å². The third kappa shape index (κ3) is 4.74. The van der Waals surface area contributed by atoms with Gasteiger partial charge in [0.15, 0.2) is 0 Å². The number of benzene rings is 1. The lowest BCUT2D eigenvalue weighted by Gasteiger charge is -2.17. The number of hydrogen-bond donors (Lipinski definition) is 2. The van der Waals surface area contributed by atoms with E-state index in [1.807, 2.05) is 12.1 Å². The number of nitrogens with zero attached hydrogens (tertiary/aromatic N) is 1. The molecule has 2 aromatic rings. The van der Waals surface area contributed by atoms with E-state index in [-0.39, 0.29) is 23.8 Å². The van der Waals surface area contributed by atoms with E-state index < -0.39 is 0 Å². The Balaban J connectivity index is 1.40. The zero-order valence-electron chi connectivity index (χ0n) is 16.2. The van der Waals surface area contributed by atoms with Crippen LogP contribution >= 0.6 is 11.6 Å². The topological polar surface area (TPSA) is 83.8 Å². The van der Waals surface area contributed by atoms with Gasteiger partial charge in [0.25, 0.3) is 5.91 Å². The van der Waals surface area contributed by atoms with Crippen LogP contribution in [0.25, 0.3) is 0 Å². The van der Waals surface area contributed by atoms with E-state index in [4.69, 9.17) is 20.8 Å². The van der Waals surface area contributed by atoms with Crippen LogP contribution in [0.2, 0.25) is 5.02 Å². The van der Waals surface area contributed by atoms with Gasteiger partial charge in [-0.2, -0.15) is 0 Å². The van der Waals surface area contributed by atoms with E-state index >= 15 is 0 Å². The highest BCUT2D eigenvalue weighted by atomic mass is 35.5. The highest BCUT2D eigenvalue weighted by molar-refractivity contribution is 6.34. The highest BCUT2D eigenvalue weighted by Crippen LogP contribution is 2.34. The summed E-state index contributed by atoms with van der Waals surface area (Å²) in [7, 11) is 1.49. The number of amides is 2. The van der Waals surface area contributed by atoms with Gasteiger partial charge in [0, 0.05) is 31.1 Å². The van der Waals surface area contributed by atoms with E-state index in [0.717, 1.165) is 44.7 Å². The van der Waals surface area contributed by atoms with Crippen molar-refractivity contribution in [1.29, 1.82) is 0 Å². The molecule has 0 unspecified atom stereocenters. The second-order valence-corrected chi connectivity index (χ2v) is 7.98. The lowest BCUT2D eigenvalue weighted by molar-refractivity contribution is -0.117. The molecule has 1 saturated carbocycles. The summed E-state index contributed by atoms with van der Waals surface area (Å²) in [6.45, 7) is 2.36. The maximum atomic E-state index is 12.8. The first-order valence-electron chi connectivity index (χ1n) is 9.77. The van der Waals surface area contributed by atoms with Crippen molar-refractivity contribution in [1.82, 2.24) is 10.2 Å². The fourth-order valence-corrected chi connectivity index (χ4v) is 3.77. The van der Waals surface area contributed by atoms with Crippen molar-refractivity contribution in [2.45, 2.75) is 31.8 Å². The molecule has 1 saturated heterocycles. The number of carbonyl (C=O) groups excluding carboxylic acids is 2. The molecule has 2 amide bonds. The van der Waals surface area contributed by atoms with Crippen molar-refractivity contribution in [2.75, 3.05) is 25.5 Å². The number of halogens is 1. The Hall–Kier alpha value is -2.51. The Morgan fingerprint density at radius 1 is 1.31 bits per heavy atom. The van der Waals surface area contributed by atoms with Crippen LogP contribution in [0.1, 0.15) is 35.4 Å². The number of carbonyl (C=O) groups is 2. The van der Waals surface area contributed by atoms with Gasteiger partial charge >= 0.3 is 0 Å². The summed E-state index contributed by atoms with van der Waals surface area (Å²) in [5, 5.41) is 6.19. The monoisotopic (exact) mass is 417 g/mol. The minimum atomic E-state index is -0.242. The van der Waals surface area contributed by atoms with Crippen molar-refractivity contribution in [3.63, 3.8) is 0 Å². The minimum Gasteiger partial charge on any atom is -0.496 e. The molecule has 1 aliphatic heterocycles. The van der Waals surface area contributed by atoms with Gasteiger partial charge in [-0.05, 0) is 37.5 Å². The van der Waals surface area contributed by atoms with E-state index in [2.05, 4.69) is 15.5 Å². The summed E-state index contributed by atoms with van der Waals surface area (Å²) < 4.78 is 10.8. The van der Waals surface area contributed by atoms with Crippen molar-refractivity contribution in [3.8, 4) is 5.75 Å². The molecule has 154 valence electrons. The van der Waals surface area contributed by atoms with E-state index in [0.29, 0.717) is 22.0 Å². The summed E-state index contributed by atoms with van der Waals surface area (Å²) in [5.74, 6) is 1.06. The number of ether oxygens (including phenoxy) is 1. The Labute approximate surface area is 174 Å². The lowest BCUT2D eigenvalue weighted by Crippen LogP contribution is -2.37. The molecule has 2 aliphatic rings. The van der Waals surface area contributed by atoms with Crippen LogP contribution in [0, 0.1) is 5.92 Å². The molecular weight excluding hydrogens is 394 g/mol. The Morgan fingerprint density at radius 2 is 2.14 bits per heavy atom. The summed E-state index contributed by atoms with van der Waals surface area (Å²) in [6, 6.07) is 7.01. The lowest BCUT2D eigenvalue weighted by atomic mass is 10.1. The maximum absolute atomic E-state index is 12.8. The van der Waals surface area contributed by atoms with E-state index in [1.165, 1.54) is 7.11 Å². The summed E-state index contributed by atoms with van der Waals surface area (Å²) >= 11 is 6.32. The molecule has 2 fully saturated rings. The number of anilines is 1. The first-order chi connectivity index (χ1) is 14.0. The van der Waals surface area contributed by atoms with Crippen molar-refractivity contribution in [2.24, 2.45) is 5.92 Å². The minimum absolute atomic E-state index is 0.0372. The van der Waals surface area contributed by atoms with E-state index in [1.54, 1.807) is 18.4 Å². The predicted molar refractivity (Wildman–Crippen MR) is 109 cm³/mol. The largest absolute Gasteiger partial charge is 0.496 e. The number of nitrogens with one attached hydrogen (secondary N) is 2. The summed E-state index contributed by atoms with van der Waals surface area (Å²) in [5.41, 5.74) is 0.814. The number of hydrogen-bond acceptors (Lipinski definition) is 5. The summed E-state index contributed by atoms with van der Waals surface area (Å²) in [4.78, 5) is 27.1. The van der Waals surface area contributed by atoms with Gasteiger partial charge in [-0.15, -0.1) is 0 Å². The van der Waals surface area contributed by atoms with Gasteiger partial charge in [0.05, 0.1) is 36.2 Å². The molecule has 4 rings (SSSR count). The molecule has 29 heavy (non-hydrogen) atoms. The molecule has 1 aliphatic carbocycles. The molecule has 7 nitrogen and oxygen atoms in total. The normalized spacial score (nSPS) is 19.2. The molecule has 2 heterocycles. The fourth-order valence-electron chi connectivity index (χ4n) is 3.56. The zero-order chi connectivity index (χ0) is 20.4. The maximum Gasteiger partial charge on any atom is 0.255 e. The molecule has 2 N–H and O–H groups in total. The standard InChI is InChI=1S/C21H24ClN3O4/c1-28-19-10-18(24-20(26)13-4-5-13)17(22)9-16(19)21(27)23-14-6-7-25(11-14)12-15-3-2-8-29-15/h2-3,8-10,13-14H,4-7,11-12H2,1H3,(H,23,27)(H,24,26)/t14-/m0/s1. The second-order valence-electron chi connectivity index (χ2n) is 7.57. The smallest absolute Gasteiger partial charge is 0.255 e. The number of rotatable bonds is 7. The Morgan fingerprint density at radius 3 is 2.83 bits per heavy atom. The van der Waals surface area contributed by atoms with Crippen LogP contribution in [0.15, 0.2) is 34.9 Å². The number of likely N-dealkylation sites (tertiary alicyclic amines) is 1. The van der Waals surface area contributed by atoms with Crippen molar-refractivity contribution < 1.29 is 18.7 Å². The molecule has 1 atom stereocenters. The predicted octanol–water partition coefficient (Wildman–Crippen LogP) is 3.29. The molecule has 1 aromatic heterocycles. The molecule has 0 spiro atoms. The molecule has 0 radical (unpaired) electrons. The summed E-state index contributed by atoms with van der Waals surface area (Å²) in [6.07, 6.45) is 4.33. The van der Waals surface area contributed by atoms with Crippen LogP contribution in [0.4, 0.5) is 5.69 Å². The molecular formula is C21H24ClN3O4. The third-order valence-electron chi connectivity index (χ3n) is 5.31. The number of furan rings is 1. The quantitative estimate of drug-likeness (QED) is 0.722. The van der Waals surface area contributed by atoms with Gasteiger partial charge in [-0.1, -0.05) is 11.6 Å². The van der Waals surface area contributed by atoms with Crippen molar-refractivity contribution >= 4 is 29.1 Å². The highest BCUT2D eigenvalue weighted by Gasteiger charge is 2.30. The third-order valence-corrected chi connectivity index (χ3v) is 5.62. The van der Waals surface area contributed by atoms with Crippen LogP contribution in [-0.2, 0) is 11.3 Å². The fraction of sp³-hybridized carbons (Fsp3) is 0.429. The van der Waals surface area contributed by atoms with Gasteiger partial charge in [-0.25, -0.2) is 0 Å². The van der Waals surface area contributed by atoms with Crippen LogP contribution in [-0.4, -0.2) is 43.0 Å². The molecule has 0 bridgehead atoms. The molecule has 8 heteroatoms. The van der Waals surface area contributed by atoms with Gasteiger partial charge < -0.3 is 19.8 Å².